The van der Waals surface area contributed by atoms with E-state index >= 15 is 0 Å². The van der Waals surface area contributed by atoms with Gasteiger partial charge in [0.15, 0.2) is 9.84 Å². The van der Waals surface area contributed by atoms with Gasteiger partial charge in [0.2, 0.25) is 5.91 Å². The number of carbonyl (C=O) groups excluding carboxylic acids is 1. The van der Waals surface area contributed by atoms with Gasteiger partial charge in [-0.2, -0.15) is 0 Å². The molecule has 2 rings (SSSR count). The highest BCUT2D eigenvalue weighted by Gasteiger charge is 2.14. The minimum Gasteiger partial charge on any atom is -0.324 e. The predicted octanol–water partition coefficient (Wildman–Crippen LogP) is 2.96. The second-order valence-corrected chi connectivity index (χ2v) is 7.76. The Morgan fingerprint density at radius 1 is 1.05 bits per heavy atom. The van der Waals surface area contributed by atoms with Crippen molar-refractivity contribution in [2.75, 3.05) is 17.3 Å². The third kappa shape index (κ3) is 4.89. The Bertz CT molecular complexity index is 743. The third-order valence-corrected chi connectivity index (χ3v) is 5.06. The number of thioether (sulfide) groups is 1. The van der Waals surface area contributed by atoms with Gasteiger partial charge >= 0.3 is 0 Å². The molecule has 0 saturated heterocycles. The highest BCUT2D eigenvalue weighted by molar-refractivity contribution is 7.99. The van der Waals surface area contributed by atoms with Gasteiger partial charge in [0.1, 0.15) is 0 Å². The number of benzene rings is 2. The van der Waals surface area contributed by atoms with Crippen molar-refractivity contribution >= 4 is 33.2 Å². The lowest BCUT2D eigenvalue weighted by Gasteiger charge is -2.09. The minimum absolute atomic E-state index is 0.136. The summed E-state index contributed by atoms with van der Waals surface area (Å²) in [6.07, 6.45) is 1.13. The van der Waals surface area contributed by atoms with Gasteiger partial charge in [0, 0.05) is 12.0 Å². The molecule has 0 bridgehead atoms. The van der Waals surface area contributed by atoms with E-state index in [4.69, 9.17) is 0 Å². The first kappa shape index (κ1) is 16.6. The fraction of sp³-hybridized carbons (Fsp3) is 0.188. The summed E-state index contributed by atoms with van der Waals surface area (Å²) in [5.41, 5.74) is 1.48. The Morgan fingerprint density at radius 2 is 1.68 bits per heavy atom. The molecular weight excluding hydrogens is 318 g/mol. The molecule has 6 heteroatoms. The number of rotatable bonds is 6. The van der Waals surface area contributed by atoms with Crippen molar-refractivity contribution in [1.29, 1.82) is 0 Å². The molecule has 2 aromatic rings. The van der Waals surface area contributed by atoms with Crippen LogP contribution in [0.1, 0.15) is 5.56 Å². The fourth-order valence-electron chi connectivity index (χ4n) is 1.92. The zero-order valence-corrected chi connectivity index (χ0v) is 13.8. The molecule has 1 amide bonds. The Hall–Kier alpha value is -1.79. The molecule has 0 aromatic heterocycles. The molecule has 0 unspecified atom stereocenters. The second kappa shape index (κ2) is 7.47. The Labute approximate surface area is 134 Å². The molecule has 0 fully saturated rings. The van der Waals surface area contributed by atoms with Crippen LogP contribution < -0.4 is 5.32 Å². The van der Waals surface area contributed by atoms with E-state index in [9.17, 15) is 13.2 Å². The van der Waals surface area contributed by atoms with Gasteiger partial charge in [0.25, 0.3) is 0 Å². The van der Waals surface area contributed by atoms with Crippen LogP contribution in [0.4, 0.5) is 5.69 Å². The highest BCUT2D eigenvalue weighted by Crippen LogP contribution is 2.21. The summed E-state index contributed by atoms with van der Waals surface area (Å²) in [6, 6.07) is 16.3. The Kier molecular flexibility index (Phi) is 5.63. The first-order valence-electron chi connectivity index (χ1n) is 6.67. The molecule has 116 valence electrons. The van der Waals surface area contributed by atoms with Gasteiger partial charge in [-0.1, -0.05) is 42.5 Å². The molecule has 0 aliphatic rings. The van der Waals surface area contributed by atoms with E-state index in [0.717, 1.165) is 17.6 Å². The standard InChI is InChI=1S/C16H17NO3S2/c1-22(19,20)15-10-6-5-9-14(15)17-16(18)12-21-11-13-7-3-2-4-8-13/h2-10H,11-12H2,1H3,(H,17,18). The first-order valence-corrected chi connectivity index (χ1v) is 9.72. The number of amides is 1. The molecule has 0 radical (unpaired) electrons. The lowest BCUT2D eigenvalue weighted by Crippen LogP contribution is -2.16. The first-order chi connectivity index (χ1) is 10.5. The van der Waals surface area contributed by atoms with Gasteiger partial charge in [-0.15, -0.1) is 11.8 Å². The molecule has 0 saturated carbocycles. The van der Waals surface area contributed by atoms with Crippen LogP contribution in [0.2, 0.25) is 0 Å². The lowest BCUT2D eigenvalue weighted by molar-refractivity contribution is -0.113. The van der Waals surface area contributed by atoms with Gasteiger partial charge < -0.3 is 5.32 Å². The van der Waals surface area contributed by atoms with E-state index in [2.05, 4.69) is 5.32 Å². The van der Waals surface area contributed by atoms with E-state index in [0.29, 0.717) is 5.69 Å². The molecule has 4 nitrogen and oxygen atoms in total. The van der Waals surface area contributed by atoms with Crippen molar-refractivity contribution in [1.82, 2.24) is 0 Å². The van der Waals surface area contributed by atoms with Crippen molar-refractivity contribution in [2.45, 2.75) is 10.6 Å². The molecule has 1 N–H and O–H groups in total. The van der Waals surface area contributed by atoms with Crippen LogP contribution in [0.3, 0.4) is 0 Å². The summed E-state index contributed by atoms with van der Waals surface area (Å²) < 4.78 is 23.4. The zero-order valence-electron chi connectivity index (χ0n) is 12.2. The number of para-hydroxylation sites is 1. The van der Waals surface area contributed by atoms with E-state index in [1.807, 2.05) is 30.3 Å². The summed E-state index contributed by atoms with van der Waals surface area (Å²) in [6.45, 7) is 0. The maximum absolute atomic E-state index is 12.0. The molecule has 0 aliphatic carbocycles. The van der Waals surface area contributed by atoms with Crippen molar-refractivity contribution < 1.29 is 13.2 Å². The van der Waals surface area contributed by atoms with Crippen molar-refractivity contribution in [2.24, 2.45) is 0 Å². The Balaban J connectivity index is 1.93. The third-order valence-electron chi connectivity index (χ3n) is 2.91. The molecule has 0 spiro atoms. The lowest BCUT2D eigenvalue weighted by atomic mass is 10.2. The predicted molar refractivity (Wildman–Crippen MR) is 90.8 cm³/mol. The van der Waals surface area contributed by atoms with Crippen molar-refractivity contribution in [3.8, 4) is 0 Å². The quantitative estimate of drug-likeness (QED) is 0.881. The van der Waals surface area contributed by atoms with Gasteiger partial charge in [0.05, 0.1) is 16.3 Å². The molecule has 0 atom stereocenters. The van der Waals surface area contributed by atoms with E-state index in [-0.39, 0.29) is 16.6 Å². The molecule has 2 aromatic carbocycles. The summed E-state index contributed by atoms with van der Waals surface area (Å²) in [5.74, 6) is 0.798. The Morgan fingerprint density at radius 3 is 2.36 bits per heavy atom. The number of nitrogens with one attached hydrogen (secondary N) is 1. The summed E-state index contributed by atoms with van der Waals surface area (Å²) in [5, 5.41) is 2.66. The number of carbonyl (C=O) groups is 1. The van der Waals surface area contributed by atoms with Crippen LogP contribution in [0.25, 0.3) is 0 Å². The minimum atomic E-state index is -3.36. The number of hydrogen-bond donors (Lipinski definition) is 1. The smallest absolute Gasteiger partial charge is 0.234 e. The van der Waals surface area contributed by atoms with Crippen LogP contribution in [0, 0.1) is 0 Å². The van der Waals surface area contributed by atoms with Crippen LogP contribution >= 0.6 is 11.8 Å². The zero-order chi connectivity index (χ0) is 16.0. The molecule has 0 heterocycles. The van der Waals surface area contributed by atoms with Gasteiger partial charge in [-0.05, 0) is 17.7 Å². The van der Waals surface area contributed by atoms with Crippen LogP contribution in [0.15, 0.2) is 59.5 Å². The fourth-order valence-corrected chi connectivity index (χ4v) is 3.55. The number of hydrogen-bond acceptors (Lipinski definition) is 4. The summed E-state index contributed by atoms with van der Waals surface area (Å²) >= 11 is 1.49. The van der Waals surface area contributed by atoms with Crippen molar-refractivity contribution in [3.63, 3.8) is 0 Å². The molecular formula is C16H17NO3S2. The van der Waals surface area contributed by atoms with Crippen LogP contribution in [0.5, 0.6) is 0 Å². The van der Waals surface area contributed by atoms with Crippen molar-refractivity contribution in [3.05, 3.63) is 60.2 Å². The summed E-state index contributed by atoms with van der Waals surface area (Å²) in [4.78, 5) is 12.1. The normalized spacial score (nSPS) is 11.1. The highest BCUT2D eigenvalue weighted by atomic mass is 32.2. The second-order valence-electron chi connectivity index (χ2n) is 4.79. The van der Waals surface area contributed by atoms with E-state index < -0.39 is 9.84 Å². The topological polar surface area (TPSA) is 63.2 Å². The average molecular weight is 335 g/mol. The maximum Gasteiger partial charge on any atom is 0.234 e. The van der Waals surface area contributed by atoms with E-state index in [1.54, 1.807) is 18.2 Å². The maximum atomic E-state index is 12.0. The van der Waals surface area contributed by atoms with Gasteiger partial charge in [-0.3, -0.25) is 4.79 Å². The summed E-state index contributed by atoms with van der Waals surface area (Å²) in [7, 11) is -3.36. The van der Waals surface area contributed by atoms with E-state index in [1.165, 1.54) is 17.8 Å². The van der Waals surface area contributed by atoms with Gasteiger partial charge in [-0.25, -0.2) is 8.42 Å². The SMILES string of the molecule is CS(=O)(=O)c1ccccc1NC(=O)CSCc1ccccc1. The van der Waals surface area contributed by atoms with Crippen LogP contribution in [-0.4, -0.2) is 26.3 Å². The molecule has 22 heavy (non-hydrogen) atoms. The average Bonchev–Trinajstić information content (AvgIpc) is 2.48. The number of anilines is 1. The number of sulfone groups is 1. The molecule has 0 aliphatic heterocycles. The monoisotopic (exact) mass is 335 g/mol. The van der Waals surface area contributed by atoms with Crippen LogP contribution in [-0.2, 0) is 20.4 Å². The largest absolute Gasteiger partial charge is 0.324 e.